The fourth-order valence-electron chi connectivity index (χ4n) is 5.13. The average Bonchev–Trinajstić information content (AvgIpc) is 3.33. The monoisotopic (exact) mass is 505 g/mol. The van der Waals surface area contributed by atoms with Crippen LogP contribution in [0.5, 0.6) is 5.75 Å². The fourth-order valence-corrected chi connectivity index (χ4v) is 5.90. The number of benzene rings is 2. The molecular formula is C24H26Cl3N5O. The highest BCUT2D eigenvalue weighted by molar-refractivity contribution is 6.35. The van der Waals surface area contributed by atoms with Crippen molar-refractivity contribution in [2.75, 3.05) is 26.2 Å². The molecule has 0 radical (unpaired) electrons. The molecule has 1 aromatic heterocycles. The van der Waals surface area contributed by atoms with Crippen molar-refractivity contribution >= 4 is 34.8 Å². The van der Waals surface area contributed by atoms with Gasteiger partial charge in [-0.3, -0.25) is 9.47 Å². The lowest BCUT2D eigenvalue weighted by Gasteiger charge is -2.32. The third-order valence-electron chi connectivity index (χ3n) is 6.66. The van der Waals surface area contributed by atoms with E-state index >= 15 is 0 Å². The second-order valence-electron chi connectivity index (χ2n) is 8.75. The lowest BCUT2D eigenvalue weighted by molar-refractivity contribution is 0.0821. The van der Waals surface area contributed by atoms with E-state index in [2.05, 4.69) is 20.4 Å². The molecule has 1 fully saturated rings. The second-order valence-corrected chi connectivity index (χ2v) is 9.97. The van der Waals surface area contributed by atoms with Gasteiger partial charge < -0.3 is 10.1 Å². The van der Waals surface area contributed by atoms with E-state index < -0.39 is 0 Å². The van der Waals surface area contributed by atoms with Crippen molar-refractivity contribution in [3.63, 3.8) is 0 Å². The number of ether oxygens (including phenoxy) is 1. The van der Waals surface area contributed by atoms with Crippen LogP contribution in [0.25, 0.3) is 5.69 Å². The van der Waals surface area contributed by atoms with E-state index in [0.717, 1.165) is 67.0 Å². The van der Waals surface area contributed by atoms with Gasteiger partial charge in [-0.05, 0) is 74.7 Å². The summed E-state index contributed by atoms with van der Waals surface area (Å²) in [5, 5.41) is 13.2. The Hall–Kier alpha value is -1.83. The Labute approximate surface area is 208 Å². The van der Waals surface area contributed by atoms with Gasteiger partial charge in [-0.25, -0.2) is 0 Å². The minimum Gasteiger partial charge on any atom is -0.482 e. The molecule has 0 saturated carbocycles. The molecule has 0 spiro atoms. The van der Waals surface area contributed by atoms with Crippen LogP contribution in [0.1, 0.15) is 34.8 Å². The van der Waals surface area contributed by atoms with Gasteiger partial charge in [-0.2, -0.15) is 0 Å². The molecule has 2 aliphatic rings. The summed E-state index contributed by atoms with van der Waals surface area (Å²) < 4.78 is 8.60. The molecule has 9 heteroatoms. The van der Waals surface area contributed by atoms with E-state index in [9.17, 15) is 0 Å². The Kier molecular flexibility index (Phi) is 6.56. The number of rotatable bonds is 4. The first-order chi connectivity index (χ1) is 15.9. The summed E-state index contributed by atoms with van der Waals surface area (Å²) >= 11 is 19.9. The zero-order valence-corrected chi connectivity index (χ0v) is 20.9. The molecule has 2 aromatic carbocycles. The van der Waals surface area contributed by atoms with E-state index in [1.165, 1.54) is 0 Å². The van der Waals surface area contributed by atoms with Crippen LogP contribution in [0.4, 0.5) is 0 Å². The summed E-state index contributed by atoms with van der Waals surface area (Å²) in [6, 6.07) is 5.96. The maximum atomic E-state index is 6.86. The molecule has 2 heterocycles. The SMILES string of the molecule is Cc1cc(O[C@H]2c3cc(Cl)cc(Cl)c3C[C@@H]2N2CCCNCC2)c(Cl)c(C)c1-n1cnnc1. The molecule has 0 unspecified atom stereocenters. The van der Waals surface area contributed by atoms with E-state index in [4.69, 9.17) is 39.5 Å². The number of nitrogens with zero attached hydrogens (tertiary/aromatic N) is 4. The molecule has 1 aliphatic heterocycles. The smallest absolute Gasteiger partial charge is 0.140 e. The van der Waals surface area contributed by atoms with Gasteiger partial charge >= 0.3 is 0 Å². The molecule has 174 valence electrons. The van der Waals surface area contributed by atoms with Crippen LogP contribution < -0.4 is 10.1 Å². The number of aryl methyl sites for hydroxylation is 1. The topological polar surface area (TPSA) is 55.2 Å². The Morgan fingerprint density at radius 3 is 2.61 bits per heavy atom. The number of fused-ring (bicyclic) bond motifs is 1. The maximum Gasteiger partial charge on any atom is 0.140 e. The summed E-state index contributed by atoms with van der Waals surface area (Å²) in [6.07, 6.45) is 5.05. The van der Waals surface area contributed by atoms with Gasteiger partial charge in [0.2, 0.25) is 0 Å². The third kappa shape index (κ3) is 4.35. The van der Waals surface area contributed by atoms with Crippen molar-refractivity contribution < 1.29 is 4.74 Å². The van der Waals surface area contributed by atoms with Crippen LogP contribution >= 0.6 is 34.8 Å². The highest BCUT2D eigenvalue weighted by Crippen LogP contribution is 2.45. The Morgan fingerprint density at radius 2 is 1.82 bits per heavy atom. The third-order valence-corrected chi connectivity index (χ3v) is 7.69. The van der Waals surface area contributed by atoms with E-state index in [-0.39, 0.29) is 12.1 Å². The molecular weight excluding hydrogens is 481 g/mol. The van der Waals surface area contributed by atoms with Crippen molar-refractivity contribution in [1.82, 2.24) is 25.0 Å². The minimum atomic E-state index is -0.216. The van der Waals surface area contributed by atoms with Gasteiger partial charge in [-0.1, -0.05) is 34.8 Å². The molecule has 0 bridgehead atoms. The number of aromatic nitrogens is 3. The number of hydrogen-bond donors (Lipinski definition) is 1. The zero-order chi connectivity index (χ0) is 23.1. The lowest BCUT2D eigenvalue weighted by atomic mass is 10.1. The molecule has 3 aromatic rings. The van der Waals surface area contributed by atoms with E-state index in [1.807, 2.05) is 36.6 Å². The van der Waals surface area contributed by atoms with Gasteiger partial charge in [-0.15, -0.1) is 10.2 Å². The fraction of sp³-hybridized carbons (Fsp3) is 0.417. The Balaban J connectivity index is 1.55. The van der Waals surface area contributed by atoms with Crippen molar-refractivity contribution in [2.45, 2.75) is 38.8 Å². The van der Waals surface area contributed by atoms with E-state index in [1.54, 1.807) is 12.7 Å². The summed E-state index contributed by atoms with van der Waals surface area (Å²) in [6.45, 7) is 7.99. The first kappa shape index (κ1) is 22.9. The largest absolute Gasteiger partial charge is 0.482 e. The minimum absolute atomic E-state index is 0.157. The van der Waals surface area contributed by atoms with Crippen LogP contribution in [0.3, 0.4) is 0 Å². The van der Waals surface area contributed by atoms with E-state index in [0.29, 0.717) is 20.8 Å². The van der Waals surface area contributed by atoms with Crippen molar-refractivity contribution in [3.05, 3.63) is 68.2 Å². The van der Waals surface area contributed by atoms with Crippen molar-refractivity contribution in [2.24, 2.45) is 0 Å². The van der Waals surface area contributed by atoms with Crippen molar-refractivity contribution in [3.8, 4) is 11.4 Å². The zero-order valence-electron chi connectivity index (χ0n) is 18.6. The van der Waals surface area contributed by atoms with Gasteiger partial charge in [0.25, 0.3) is 0 Å². The Morgan fingerprint density at radius 1 is 1.03 bits per heavy atom. The van der Waals surface area contributed by atoms with Gasteiger partial charge in [0.1, 0.15) is 24.5 Å². The van der Waals surface area contributed by atoms with Crippen molar-refractivity contribution in [1.29, 1.82) is 0 Å². The van der Waals surface area contributed by atoms with Crippen LogP contribution in [0, 0.1) is 13.8 Å². The predicted octanol–water partition coefficient (Wildman–Crippen LogP) is 5.18. The molecule has 6 nitrogen and oxygen atoms in total. The maximum absolute atomic E-state index is 6.86. The van der Waals surface area contributed by atoms with Crippen LogP contribution in [0.15, 0.2) is 30.9 Å². The average molecular weight is 507 g/mol. The first-order valence-corrected chi connectivity index (χ1v) is 12.3. The summed E-state index contributed by atoms with van der Waals surface area (Å²) in [7, 11) is 0. The molecule has 1 aliphatic carbocycles. The second kappa shape index (κ2) is 9.43. The predicted molar refractivity (Wildman–Crippen MR) is 132 cm³/mol. The highest BCUT2D eigenvalue weighted by atomic mass is 35.5. The molecule has 1 N–H and O–H groups in total. The van der Waals surface area contributed by atoms with Gasteiger partial charge in [0, 0.05) is 28.7 Å². The van der Waals surface area contributed by atoms with Crippen LogP contribution in [0.2, 0.25) is 15.1 Å². The summed E-state index contributed by atoms with van der Waals surface area (Å²) in [5.41, 5.74) is 5.07. The molecule has 1 saturated heterocycles. The highest BCUT2D eigenvalue weighted by Gasteiger charge is 2.40. The molecule has 5 rings (SSSR count). The summed E-state index contributed by atoms with van der Waals surface area (Å²) in [4.78, 5) is 2.51. The molecule has 0 amide bonds. The summed E-state index contributed by atoms with van der Waals surface area (Å²) in [5.74, 6) is 0.662. The molecule has 2 atom stereocenters. The van der Waals surface area contributed by atoms with Gasteiger partial charge in [0.05, 0.1) is 16.8 Å². The lowest BCUT2D eigenvalue weighted by Crippen LogP contribution is -2.42. The number of nitrogens with one attached hydrogen (secondary N) is 1. The van der Waals surface area contributed by atoms with Crippen LogP contribution in [-0.2, 0) is 6.42 Å². The van der Waals surface area contributed by atoms with Gasteiger partial charge in [0.15, 0.2) is 0 Å². The van der Waals surface area contributed by atoms with Crippen LogP contribution in [-0.4, -0.2) is 51.9 Å². The molecule has 33 heavy (non-hydrogen) atoms. The quantitative estimate of drug-likeness (QED) is 0.528. The first-order valence-electron chi connectivity index (χ1n) is 11.2. The normalized spacial score (nSPS) is 21.1. The standard InChI is InChI=1S/C24H26Cl3N5O/c1-14-8-21(22(27)15(2)23(14)32-12-29-30-13-32)33-24-18-9-16(25)10-19(26)17(18)11-20(24)31-6-3-4-28-5-7-31/h8-10,12-13,20,24,28H,3-7,11H2,1-2H3/t20-,24-/m0/s1. The number of halogens is 3. The Bertz CT molecular complexity index is 1160. The number of hydrogen-bond acceptors (Lipinski definition) is 5.